The second-order valence-corrected chi connectivity index (χ2v) is 10.9. The Balaban J connectivity index is 1.69. The van der Waals surface area contributed by atoms with Crippen molar-refractivity contribution in [3.8, 4) is 17.2 Å². The number of rotatable bonds is 5. The van der Waals surface area contributed by atoms with Crippen LogP contribution in [0.1, 0.15) is 64.7 Å². The molecule has 0 amide bonds. The number of hydrogen-bond donors (Lipinski definition) is 1. The first-order valence-corrected chi connectivity index (χ1v) is 11.9. The molecule has 4 atom stereocenters. The number of aromatic hydroxyl groups is 1. The minimum Gasteiger partial charge on any atom is -0.507 e. The Morgan fingerprint density at radius 1 is 1.15 bits per heavy atom. The zero-order chi connectivity index (χ0) is 24.6. The third-order valence-corrected chi connectivity index (χ3v) is 7.70. The number of phenolic OH excluding ortho intramolecular Hbond substituents is 1. The highest BCUT2D eigenvalue weighted by Crippen LogP contribution is 2.67. The number of benzene rings is 1. The summed E-state index contributed by atoms with van der Waals surface area (Å²) >= 11 is 0. The minimum atomic E-state index is -1.30. The van der Waals surface area contributed by atoms with Gasteiger partial charge in [-0.15, -0.1) is 0 Å². The first-order valence-electron chi connectivity index (χ1n) is 11.9. The fraction of sp³-hybridized carbons (Fsp3) is 0.500. The highest BCUT2D eigenvalue weighted by Gasteiger charge is 2.81. The summed E-state index contributed by atoms with van der Waals surface area (Å²) in [5.41, 5.74) is -0.501. The number of phenols is 1. The predicted octanol–water partition coefficient (Wildman–Crippen LogP) is 5.10. The van der Waals surface area contributed by atoms with Gasteiger partial charge in [0, 0.05) is 36.0 Å². The molecule has 2 fully saturated rings. The molecular weight excluding hydrogens is 432 g/mol. The van der Waals surface area contributed by atoms with E-state index in [1.807, 2.05) is 53.7 Å². The maximum Gasteiger partial charge on any atom is 0.200 e. The summed E-state index contributed by atoms with van der Waals surface area (Å²) in [6.07, 6.45) is 6.57. The summed E-state index contributed by atoms with van der Waals surface area (Å²) < 4.78 is 19.2. The summed E-state index contributed by atoms with van der Waals surface area (Å²) in [5, 5.41) is 10.8. The zero-order valence-corrected chi connectivity index (χ0v) is 20.7. The molecule has 6 heteroatoms. The molecule has 3 aliphatic carbocycles. The molecule has 6 nitrogen and oxygen atoms in total. The van der Waals surface area contributed by atoms with Gasteiger partial charge in [0.2, 0.25) is 0 Å². The number of ether oxygens (including phenoxy) is 3. The molecular formula is C28H32O6. The monoisotopic (exact) mass is 464 g/mol. The van der Waals surface area contributed by atoms with Crippen LogP contribution in [0.3, 0.4) is 0 Å². The van der Waals surface area contributed by atoms with Crippen molar-refractivity contribution in [2.45, 2.75) is 71.2 Å². The molecule has 2 heterocycles. The topological polar surface area (TPSA) is 82.1 Å². The number of carbonyl (C=O) groups excluding carboxylic acids is 2. The van der Waals surface area contributed by atoms with Crippen LogP contribution in [0, 0.1) is 11.8 Å². The second-order valence-electron chi connectivity index (χ2n) is 10.9. The lowest BCUT2D eigenvalue weighted by Crippen LogP contribution is -2.72. The molecule has 1 spiro atoms. The Hall–Kier alpha value is -2.86. The van der Waals surface area contributed by atoms with E-state index < -0.39 is 22.7 Å². The Labute approximate surface area is 200 Å². The van der Waals surface area contributed by atoms with Gasteiger partial charge >= 0.3 is 0 Å². The van der Waals surface area contributed by atoms with E-state index in [1.165, 1.54) is 6.07 Å². The normalized spacial score (nSPS) is 31.8. The molecule has 1 aromatic carbocycles. The lowest BCUT2D eigenvalue weighted by atomic mass is 9.51. The lowest BCUT2D eigenvalue weighted by Gasteiger charge is -2.56. The van der Waals surface area contributed by atoms with E-state index in [0.29, 0.717) is 30.8 Å². The van der Waals surface area contributed by atoms with Crippen LogP contribution in [-0.2, 0) is 9.53 Å². The predicted molar refractivity (Wildman–Crippen MR) is 127 cm³/mol. The van der Waals surface area contributed by atoms with Crippen molar-refractivity contribution in [3.63, 3.8) is 0 Å². The Bertz CT molecular complexity index is 1190. The van der Waals surface area contributed by atoms with Gasteiger partial charge in [-0.3, -0.25) is 9.59 Å². The van der Waals surface area contributed by atoms with Crippen molar-refractivity contribution in [2.75, 3.05) is 6.61 Å². The lowest BCUT2D eigenvalue weighted by molar-refractivity contribution is -0.171. The van der Waals surface area contributed by atoms with E-state index >= 15 is 0 Å². The van der Waals surface area contributed by atoms with Crippen LogP contribution in [0.5, 0.6) is 17.2 Å². The molecule has 0 aromatic heterocycles. The van der Waals surface area contributed by atoms with Gasteiger partial charge in [0.25, 0.3) is 0 Å². The molecule has 34 heavy (non-hydrogen) atoms. The third-order valence-electron chi connectivity index (χ3n) is 7.70. The molecule has 1 saturated carbocycles. The molecule has 6 rings (SSSR count). The SMILES string of the molecule is CC(C)=CCOc1cc(O)c2c(c1)O[C@@]13C(=C[C@H]4CC1C(C)(C)O[C@]3(CC=C(C)C)C4=O)C2=O. The van der Waals surface area contributed by atoms with Crippen LogP contribution in [-0.4, -0.2) is 40.1 Å². The zero-order valence-electron chi connectivity index (χ0n) is 20.7. The van der Waals surface area contributed by atoms with Crippen molar-refractivity contribution in [2.24, 2.45) is 11.8 Å². The Morgan fingerprint density at radius 2 is 1.85 bits per heavy atom. The highest BCUT2D eigenvalue weighted by molar-refractivity contribution is 6.18. The van der Waals surface area contributed by atoms with Gasteiger partial charge in [0.1, 0.15) is 29.4 Å². The summed E-state index contributed by atoms with van der Waals surface area (Å²) in [6.45, 7) is 12.2. The summed E-state index contributed by atoms with van der Waals surface area (Å²) in [6, 6.07) is 3.08. The number of carbonyl (C=O) groups is 2. The molecule has 2 aliphatic heterocycles. The van der Waals surface area contributed by atoms with Crippen LogP contribution in [0.2, 0.25) is 0 Å². The van der Waals surface area contributed by atoms with Crippen molar-refractivity contribution in [3.05, 3.63) is 52.6 Å². The van der Waals surface area contributed by atoms with Gasteiger partial charge in [-0.2, -0.15) is 0 Å². The highest BCUT2D eigenvalue weighted by atomic mass is 16.6. The van der Waals surface area contributed by atoms with E-state index in [4.69, 9.17) is 14.2 Å². The van der Waals surface area contributed by atoms with Gasteiger partial charge < -0.3 is 19.3 Å². The van der Waals surface area contributed by atoms with Crippen molar-refractivity contribution in [1.82, 2.24) is 0 Å². The number of allylic oxidation sites excluding steroid dienone is 3. The van der Waals surface area contributed by atoms with Gasteiger partial charge in [-0.1, -0.05) is 23.3 Å². The number of ketones is 2. The van der Waals surface area contributed by atoms with Crippen LogP contribution < -0.4 is 9.47 Å². The minimum absolute atomic E-state index is 0.0352. The van der Waals surface area contributed by atoms with E-state index in [-0.39, 0.29) is 34.5 Å². The average molecular weight is 465 g/mol. The van der Waals surface area contributed by atoms with Crippen molar-refractivity contribution >= 4 is 11.6 Å². The smallest absolute Gasteiger partial charge is 0.200 e. The summed E-state index contributed by atoms with van der Waals surface area (Å²) in [4.78, 5) is 27.7. The molecule has 1 aromatic rings. The van der Waals surface area contributed by atoms with Gasteiger partial charge in [0.05, 0.1) is 5.60 Å². The second kappa shape index (κ2) is 7.32. The van der Waals surface area contributed by atoms with Gasteiger partial charge in [-0.25, -0.2) is 0 Å². The largest absolute Gasteiger partial charge is 0.507 e. The summed E-state index contributed by atoms with van der Waals surface area (Å²) in [7, 11) is 0. The number of hydrogen-bond acceptors (Lipinski definition) is 6. The molecule has 1 N–H and O–H groups in total. The molecule has 4 bridgehead atoms. The standard InChI is InChI=1S/C28H32O6/c1-15(2)7-9-27-25(31)17-11-19-24(30)23-20(29)13-18(32-10-8-16(3)4)14-21(23)33-28(19,27)22(12-17)26(5,6)34-27/h7-8,11,13-14,17,22,29H,9-10,12H2,1-6H3/t17-,22?,27+,28-/m0/s1. The van der Waals surface area contributed by atoms with Gasteiger partial charge in [0.15, 0.2) is 22.8 Å². The number of Topliss-reactive ketones (excluding diaryl/α,β-unsaturated/α-hetero) is 2. The van der Waals surface area contributed by atoms with E-state index in [9.17, 15) is 14.7 Å². The van der Waals surface area contributed by atoms with E-state index in [0.717, 1.165) is 11.1 Å². The maximum absolute atomic E-state index is 13.8. The average Bonchev–Trinajstić information content (AvgIpc) is 2.89. The molecule has 5 aliphatic rings. The quantitative estimate of drug-likeness (QED) is 0.611. The molecule has 0 radical (unpaired) electrons. The van der Waals surface area contributed by atoms with Crippen molar-refractivity contribution < 1.29 is 28.9 Å². The number of fused-ring (bicyclic) bond motifs is 1. The van der Waals surface area contributed by atoms with E-state index in [2.05, 4.69) is 0 Å². The fourth-order valence-electron chi connectivity index (χ4n) is 6.26. The molecule has 1 saturated heterocycles. The van der Waals surface area contributed by atoms with Crippen LogP contribution in [0.15, 0.2) is 47.1 Å². The first kappa shape index (κ1) is 22.9. The van der Waals surface area contributed by atoms with Gasteiger partial charge in [-0.05, 0) is 54.0 Å². The summed E-state index contributed by atoms with van der Waals surface area (Å²) in [5.74, 6) is -0.502. The third kappa shape index (κ3) is 2.90. The van der Waals surface area contributed by atoms with Crippen LogP contribution in [0.25, 0.3) is 0 Å². The molecule has 180 valence electrons. The maximum atomic E-state index is 13.8. The molecule has 1 unspecified atom stereocenters. The Morgan fingerprint density at radius 3 is 2.53 bits per heavy atom. The van der Waals surface area contributed by atoms with Crippen molar-refractivity contribution in [1.29, 1.82) is 0 Å². The first-order chi connectivity index (χ1) is 15.9. The van der Waals surface area contributed by atoms with Crippen LogP contribution in [0.4, 0.5) is 0 Å². The Kier molecular flexibility index (Phi) is 4.93. The van der Waals surface area contributed by atoms with Crippen LogP contribution >= 0.6 is 0 Å². The fourth-order valence-corrected chi connectivity index (χ4v) is 6.26. The van der Waals surface area contributed by atoms with E-state index in [1.54, 1.807) is 12.1 Å².